The molecule has 1 aliphatic rings. The van der Waals surface area contributed by atoms with Gasteiger partial charge in [-0.05, 0) is 56.3 Å². The standard InChI is InChI=1S/C20H17ClN4O3/c1-11-8-17(24-25(11)15-5-3-4-13(21)9-15)20(27)22-14-6-7-18-16(10-14)23-19(26)12(2)28-18/h3-10,12H,1-2H3,(H,22,27)(H,23,26)/t12-/m1/s1. The van der Waals surface area contributed by atoms with Crippen molar-refractivity contribution in [2.75, 3.05) is 10.6 Å². The summed E-state index contributed by atoms with van der Waals surface area (Å²) >= 11 is 6.04. The first-order valence-electron chi connectivity index (χ1n) is 8.66. The number of amides is 2. The minimum atomic E-state index is -0.550. The molecule has 0 radical (unpaired) electrons. The van der Waals surface area contributed by atoms with E-state index in [1.807, 2.05) is 19.1 Å². The van der Waals surface area contributed by atoms with Gasteiger partial charge in [0.25, 0.3) is 11.8 Å². The predicted octanol–water partition coefficient (Wildman–Crippen LogP) is 3.81. The van der Waals surface area contributed by atoms with Crippen LogP contribution in [0.15, 0.2) is 48.5 Å². The van der Waals surface area contributed by atoms with Crippen LogP contribution in [-0.4, -0.2) is 27.7 Å². The number of rotatable bonds is 3. The van der Waals surface area contributed by atoms with Gasteiger partial charge in [0, 0.05) is 16.4 Å². The van der Waals surface area contributed by atoms with Gasteiger partial charge in [0.1, 0.15) is 5.75 Å². The van der Waals surface area contributed by atoms with E-state index in [-0.39, 0.29) is 17.5 Å². The number of aryl methyl sites for hydroxylation is 1. The van der Waals surface area contributed by atoms with E-state index in [9.17, 15) is 9.59 Å². The maximum absolute atomic E-state index is 12.6. The topological polar surface area (TPSA) is 85.2 Å². The van der Waals surface area contributed by atoms with Crippen molar-refractivity contribution in [3.63, 3.8) is 0 Å². The fourth-order valence-corrected chi connectivity index (χ4v) is 3.12. The summed E-state index contributed by atoms with van der Waals surface area (Å²) in [6.07, 6.45) is -0.550. The van der Waals surface area contributed by atoms with Gasteiger partial charge >= 0.3 is 0 Å². The Hall–Kier alpha value is -3.32. The molecule has 4 rings (SSSR count). The Bertz CT molecular complexity index is 1090. The van der Waals surface area contributed by atoms with Crippen molar-refractivity contribution in [2.24, 2.45) is 0 Å². The zero-order chi connectivity index (χ0) is 19.8. The number of anilines is 2. The Labute approximate surface area is 166 Å². The van der Waals surface area contributed by atoms with Gasteiger partial charge in [-0.2, -0.15) is 5.10 Å². The largest absolute Gasteiger partial charge is 0.479 e. The first-order chi connectivity index (χ1) is 13.4. The summed E-state index contributed by atoms with van der Waals surface area (Å²) in [6.45, 7) is 3.53. The minimum absolute atomic E-state index is 0.230. The Morgan fingerprint density at radius 2 is 2.07 bits per heavy atom. The zero-order valence-corrected chi connectivity index (χ0v) is 15.9. The minimum Gasteiger partial charge on any atom is -0.479 e. The molecule has 0 saturated heterocycles. The maximum atomic E-state index is 12.6. The third kappa shape index (κ3) is 3.44. The molecule has 0 spiro atoms. The summed E-state index contributed by atoms with van der Waals surface area (Å²) in [4.78, 5) is 24.4. The van der Waals surface area contributed by atoms with Gasteiger partial charge in [0.2, 0.25) is 0 Å². The number of nitrogens with one attached hydrogen (secondary N) is 2. The summed E-state index contributed by atoms with van der Waals surface area (Å²) in [5, 5.41) is 10.5. The molecule has 142 valence electrons. The summed E-state index contributed by atoms with van der Waals surface area (Å²) in [6, 6.07) is 14.0. The Morgan fingerprint density at radius 3 is 2.86 bits per heavy atom. The van der Waals surface area contributed by atoms with Crippen LogP contribution in [0.4, 0.5) is 11.4 Å². The fraction of sp³-hybridized carbons (Fsp3) is 0.150. The van der Waals surface area contributed by atoms with E-state index >= 15 is 0 Å². The van der Waals surface area contributed by atoms with Crippen LogP contribution in [-0.2, 0) is 4.79 Å². The second kappa shape index (κ2) is 7.01. The van der Waals surface area contributed by atoms with Gasteiger partial charge in [-0.3, -0.25) is 9.59 Å². The molecule has 0 fully saturated rings. The number of halogens is 1. The van der Waals surface area contributed by atoms with Crippen LogP contribution >= 0.6 is 11.6 Å². The number of fused-ring (bicyclic) bond motifs is 1. The lowest BCUT2D eigenvalue weighted by Crippen LogP contribution is -2.34. The highest BCUT2D eigenvalue weighted by Crippen LogP contribution is 2.32. The van der Waals surface area contributed by atoms with E-state index < -0.39 is 6.10 Å². The Balaban J connectivity index is 1.56. The number of carbonyl (C=O) groups is 2. The normalized spacial score (nSPS) is 15.4. The molecule has 0 aliphatic carbocycles. The number of benzene rings is 2. The average molecular weight is 397 g/mol. The van der Waals surface area contributed by atoms with Crippen molar-refractivity contribution in [1.29, 1.82) is 0 Å². The highest BCUT2D eigenvalue weighted by molar-refractivity contribution is 6.30. The van der Waals surface area contributed by atoms with Crippen molar-refractivity contribution in [3.05, 3.63) is 64.9 Å². The molecule has 0 unspecified atom stereocenters. The second-order valence-corrected chi connectivity index (χ2v) is 6.91. The van der Waals surface area contributed by atoms with Crippen molar-refractivity contribution < 1.29 is 14.3 Å². The lowest BCUT2D eigenvalue weighted by atomic mass is 10.2. The van der Waals surface area contributed by atoms with Crippen molar-refractivity contribution in [2.45, 2.75) is 20.0 Å². The van der Waals surface area contributed by atoms with Crippen LogP contribution in [0.25, 0.3) is 5.69 Å². The maximum Gasteiger partial charge on any atom is 0.276 e. The second-order valence-electron chi connectivity index (χ2n) is 6.48. The molecule has 2 N–H and O–H groups in total. The molecule has 3 aromatic rings. The molecule has 0 saturated carbocycles. The number of hydrogen-bond donors (Lipinski definition) is 2. The molecular formula is C20H17ClN4O3. The van der Waals surface area contributed by atoms with E-state index in [1.165, 1.54) is 0 Å². The molecular weight excluding hydrogens is 380 g/mol. The Kier molecular flexibility index (Phi) is 4.52. The molecule has 8 heteroatoms. The van der Waals surface area contributed by atoms with Gasteiger partial charge < -0.3 is 15.4 Å². The number of nitrogens with zero attached hydrogens (tertiary/aromatic N) is 2. The molecule has 2 heterocycles. The SMILES string of the molecule is Cc1cc(C(=O)Nc2ccc3c(c2)NC(=O)[C@@H](C)O3)nn1-c1cccc(Cl)c1. The first-order valence-corrected chi connectivity index (χ1v) is 9.04. The molecule has 2 amide bonds. The van der Waals surface area contributed by atoms with E-state index in [0.29, 0.717) is 22.1 Å². The molecule has 28 heavy (non-hydrogen) atoms. The van der Waals surface area contributed by atoms with E-state index in [1.54, 1.807) is 48.0 Å². The smallest absolute Gasteiger partial charge is 0.276 e. The molecule has 2 aromatic carbocycles. The van der Waals surface area contributed by atoms with Crippen LogP contribution < -0.4 is 15.4 Å². The number of hydrogen-bond acceptors (Lipinski definition) is 4. The van der Waals surface area contributed by atoms with Gasteiger partial charge in [-0.1, -0.05) is 17.7 Å². The average Bonchev–Trinajstić information content (AvgIpc) is 3.05. The van der Waals surface area contributed by atoms with Gasteiger partial charge in [-0.15, -0.1) is 0 Å². The molecule has 1 aliphatic heterocycles. The first kappa shape index (κ1) is 18.1. The number of aromatic nitrogens is 2. The van der Waals surface area contributed by atoms with E-state index in [0.717, 1.165) is 11.4 Å². The van der Waals surface area contributed by atoms with Crippen molar-refractivity contribution in [1.82, 2.24) is 9.78 Å². The van der Waals surface area contributed by atoms with Crippen LogP contribution in [0.3, 0.4) is 0 Å². The van der Waals surface area contributed by atoms with Crippen LogP contribution in [0, 0.1) is 6.92 Å². The third-order valence-corrected chi connectivity index (χ3v) is 4.58. The summed E-state index contributed by atoms with van der Waals surface area (Å²) in [5.41, 5.74) is 2.88. The molecule has 1 aromatic heterocycles. The lowest BCUT2D eigenvalue weighted by Gasteiger charge is -2.23. The van der Waals surface area contributed by atoms with Gasteiger partial charge in [0.05, 0.1) is 11.4 Å². The van der Waals surface area contributed by atoms with Crippen molar-refractivity contribution in [3.8, 4) is 11.4 Å². The predicted molar refractivity (Wildman–Crippen MR) is 106 cm³/mol. The van der Waals surface area contributed by atoms with E-state index in [2.05, 4.69) is 15.7 Å². The lowest BCUT2D eigenvalue weighted by molar-refractivity contribution is -0.122. The van der Waals surface area contributed by atoms with Crippen LogP contribution in [0.1, 0.15) is 23.1 Å². The van der Waals surface area contributed by atoms with Gasteiger partial charge in [0.15, 0.2) is 11.8 Å². The highest BCUT2D eigenvalue weighted by Gasteiger charge is 2.24. The summed E-state index contributed by atoms with van der Waals surface area (Å²) in [7, 11) is 0. The molecule has 0 bridgehead atoms. The number of ether oxygens (including phenoxy) is 1. The monoisotopic (exact) mass is 396 g/mol. The van der Waals surface area contributed by atoms with Crippen LogP contribution in [0.2, 0.25) is 5.02 Å². The quantitative estimate of drug-likeness (QED) is 0.705. The van der Waals surface area contributed by atoms with Crippen LogP contribution in [0.5, 0.6) is 5.75 Å². The fourth-order valence-electron chi connectivity index (χ4n) is 2.94. The van der Waals surface area contributed by atoms with Crippen molar-refractivity contribution >= 4 is 34.8 Å². The third-order valence-electron chi connectivity index (χ3n) is 4.34. The molecule has 7 nitrogen and oxygen atoms in total. The number of carbonyl (C=O) groups excluding carboxylic acids is 2. The molecule has 1 atom stereocenters. The highest BCUT2D eigenvalue weighted by atomic mass is 35.5. The van der Waals surface area contributed by atoms with E-state index in [4.69, 9.17) is 16.3 Å². The Morgan fingerprint density at radius 1 is 1.25 bits per heavy atom. The zero-order valence-electron chi connectivity index (χ0n) is 15.2. The summed E-state index contributed by atoms with van der Waals surface area (Å²) in [5.74, 6) is -0.0294. The van der Waals surface area contributed by atoms with Gasteiger partial charge in [-0.25, -0.2) is 4.68 Å². The summed E-state index contributed by atoms with van der Waals surface area (Å²) < 4.78 is 7.17.